The van der Waals surface area contributed by atoms with E-state index in [1.165, 1.54) is 36.9 Å². The molecule has 0 amide bonds. The van der Waals surface area contributed by atoms with Crippen LogP contribution >= 0.6 is 22.7 Å². The van der Waals surface area contributed by atoms with Crippen molar-refractivity contribution in [3.8, 4) is 6.07 Å². The Balaban J connectivity index is 2.08. The highest BCUT2D eigenvalue weighted by molar-refractivity contribution is 7.16. The minimum absolute atomic E-state index is 0.388. The van der Waals surface area contributed by atoms with Crippen LogP contribution in [0.1, 0.15) is 46.1 Å². The molecule has 0 N–H and O–H groups in total. The summed E-state index contributed by atoms with van der Waals surface area (Å²) in [5.74, 6) is -1.24. The van der Waals surface area contributed by atoms with E-state index in [1.807, 2.05) is 12.1 Å². The SMILES string of the molecule is COC(=O)c1cc2c(s1)C(C#N)c1sc(C(=O)OC)cc1CC2. The molecule has 0 atom stereocenters. The molecular formula is C16H13NO4S2. The maximum Gasteiger partial charge on any atom is 0.348 e. The van der Waals surface area contributed by atoms with Crippen LogP contribution < -0.4 is 0 Å². The number of fused-ring (bicyclic) bond motifs is 2. The lowest BCUT2D eigenvalue weighted by Gasteiger charge is -2.05. The van der Waals surface area contributed by atoms with Crippen molar-refractivity contribution in [2.75, 3.05) is 14.2 Å². The Bertz CT molecular complexity index is 765. The van der Waals surface area contributed by atoms with Crippen molar-refractivity contribution in [1.82, 2.24) is 0 Å². The summed E-state index contributed by atoms with van der Waals surface area (Å²) >= 11 is 2.59. The third-order valence-corrected chi connectivity index (χ3v) is 6.22. The maximum atomic E-state index is 11.7. The van der Waals surface area contributed by atoms with E-state index in [0.717, 1.165) is 33.7 Å². The number of rotatable bonds is 2. The number of ether oxygens (including phenoxy) is 2. The number of hydrogen-bond acceptors (Lipinski definition) is 7. The van der Waals surface area contributed by atoms with E-state index >= 15 is 0 Å². The molecule has 0 radical (unpaired) electrons. The van der Waals surface area contributed by atoms with Crippen molar-refractivity contribution < 1.29 is 19.1 Å². The molecule has 2 aromatic heterocycles. The molecule has 23 heavy (non-hydrogen) atoms. The fraction of sp³-hybridized carbons (Fsp3) is 0.312. The van der Waals surface area contributed by atoms with Gasteiger partial charge in [-0.3, -0.25) is 0 Å². The first kappa shape index (κ1) is 15.7. The lowest BCUT2D eigenvalue weighted by atomic mass is 10.0. The third-order valence-electron chi connectivity index (χ3n) is 3.77. The van der Waals surface area contributed by atoms with Crippen LogP contribution in [0.15, 0.2) is 12.1 Å². The van der Waals surface area contributed by atoms with Gasteiger partial charge in [-0.15, -0.1) is 22.7 Å². The number of esters is 2. The Labute approximate surface area is 141 Å². The Morgan fingerprint density at radius 1 is 1.04 bits per heavy atom. The highest BCUT2D eigenvalue weighted by Gasteiger charge is 2.30. The highest BCUT2D eigenvalue weighted by Crippen LogP contribution is 2.42. The number of carbonyl (C=O) groups excluding carboxylic acids is 2. The Morgan fingerprint density at radius 2 is 1.48 bits per heavy atom. The standard InChI is InChI=1S/C16H13NO4S2/c1-20-15(18)11-5-8-3-4-9-6-12(16(19)21-2)23-14(9)10(7-17)13(8)22-11/h5-6,10H,3-4H2,1-2H3. The summed E-state index contributed by atoms with van der Waals surface area (Å²) in [6.07, 6.45) is 1.46. The molecule has 7 heteroatoms. The van der Waals surface area contributed by atoms with Gasteiger partial charge in [0.05, 0.1) is 20.3 Å². The van der Waals surface area contributed by atoms with E-state index in [4.69, 9.17) is 9.47 Å². The van der Waals surface area contributed by atoms with Gasteiger partial charge in [0, 0.05) is 9.75 Å². The fourth-order valence-corrected chi connectivity index (χ4v) is 5.12. The van der Waals surface area contributed by atoms with Crippen molar-refractivity contribution >= 4 is 34.6 Å². The van der Waals surface area contributed by atoms with E-state index in [2.05, 4.69) is 6.07 Å². The number of nitriles is 1. The molecule has 0 saturated carbocycles. The molecule has 1 aliphatic carbocycles. The van der Waals surface area contributed by atoms with E-state index in [0.29, 0.717) is 9.75 Å². The van der Waals surface area contributed by atoms with Crippen molar-refractivity contribution in [2.45, 2.75) is 18.8 Å². The number of hydrogen-bond donors (Lipinski definition) is 0. The van der Waals surface area contributed by atoms with Crippen LogP contribution in [-0.4, -0.2) is 26.2 Å². The van der Waals surface area contributed by atoms with Crippen molar-refractivity contribution in [3.05, 3.63) is 42.8 Å². The number of nitrogens with zero attached hydrogens (tertiary/aromatic N) is 1. The van der Waals surface area contributed by atoms with E-state index in [-0.39, 0.29) is 11.9 Å². The maximum absolute atomic E-state index is 11.7. The van der Waals surface area contributed by atoms with Crippen LogP contribution in [0.5, 0.6) is 0 Å². The zero-order chi connectivity index (χ0) is 16.6. The molecule has 118 valence electrons. The second-order valence-electron chi connectivity index (χ2n) is 5.05. The van der Waals surface area contributed by atoms with Crippen LogP contribution in [0.4, 0.5) is 0 Å². The van der Waals surface area contributed by atoms with Gasteiger partial charge >= 0.3 is 11.9 Å². The second-order valence-corrected chi connectivity index (χ2v) is 7.21. The lowest BCUT2D eigenvalue weighted by molar-refractivity contribution is 0.0597. The number of thiophene rings is 2. The van der Waals surface area contributed by atoms with Gasteiger partial charge in [0.15, 0.2) is 0 Å². The molecule has 0 aliphatic heterocycles. The summed E-state index contributed by atoms with van der Waals surface area (Å²) in [5.41, 5.74) is 2.01. The normalized spacial score (nSPS) is 13.4. The predicted octanol–water partition coefficient (Wildman–Crippen LogP) is 3.14. The molecule has 0 aromatic carbocycles. The fourth-order valence-electron chi connectivity index (χ4n) is 2.67. The Kier molecular flexibility index (Phi) is 4.20. The van der Waals surface area contributed by atoms with Crippen molar-refractivity contribution in [2.24, 2.45) is 0 Å². The summed E-state index contributed by atoms with van der Waals surface area (Å²) in [6.45, 7) is 0. The minimum Gasteiger partial charge on any atom is -0.465 e. The van der Waals surface area contributed by atoms with Crippen LogP contribution in [0.2, 0.25) is 0 Å². The molecular weight excluding hydrogens is 334 g/mol. The molecule has 0 spiro atoms. The van der Waals surface area contributed by atoms with Gasteiger partial charge in [-0.1, -0.05) is 0 Å². The molecule has 2 heterocycles. The first-order chi connectivity index (χ1) is 11.1. The average molecular weight is 347 g/mol. The first-order valence-corrected chi connectivity index (χ1v) is 8.53. The number of aryl methyl sites for hydroxylation is 2. The second kappa shape index (κ2) is 6.14. The van der Waals surface area contributed by atoms with Gasteiger partial charge in [-0.2, -0.15) is 5.26 Å². The van der Waals surface area contributed by atoms with Gasteiger partial charge in [0.1, 0.15) is 15.7 Å². The Hall–Kier alpha value is -2.17. The molecule has 0 fully saturated rings. The number of methoxy groups -OCH3 is 2. The van der Waals surface area contributed by atoms with E-state index in [9.17, 15) is 14.9 Å². The van der Waals surface area contributed by atoms with Crippen LogP contribution in [-0.2, 0) is 22.3 Å². The summed E-state index contributed by atoms with van der Waals surface area (Å²) in [6, 6.07) is 5.94. The molecule has 1 aliphatic rings. The first-order valence-electron chi connectivity index (χ1n) is 6.90. The quantitative estimate of drug-likeness (QED) is 0.780. The minimum atomic E-state index is -0.464. The molecule has 0 saturated heterocycles. The topological polar surface area (TPSA) is 76.4 Å². The lowest BCUT2D eigenvalue weighted by Crippen LogP contribution is -1.98. The smallest absolute Gasteiger partial charge is 0.348 e. The summed E-state index contributed by atoms with van der Waals surface area (Å²) in [7, 11) is 2.68. The Morgan fingerprint density at radius 3 is 1.83 bits per heavy atom. The third kappa shape index (κ3) is 2.64. The highest BCUT2D eigenvalue weighted by atomic mass is 32.1. The van der Waals surface area contributed by atoms with Gasteiger partial charge in [-0.25, -0.2) is 9.59 Å². The largest absolute Gasteiger partial charge is 0.465 e. The summed E-state index contributed by atoms with van der Waals surface area (Å²) < 4.78 is 9.53. The molecule has 2 aromatic rings. The van der Waals surface area contributed by atoms with Crippen LogP contribution in [0, 0.1) is 11.3 Å². The van der Waals surface area contributed by atoms with Gasteiger partial charge in [-0.05, 0) is 36.1 Å². The van der Waals surface area contributed by atoms with E-state index < -0.39 is 5.92 Å². The van der Waals surface area contributed by atoms with Crippen molar-refractivity contribution in [1.29, 1.82) is 5.26 Å². The summed E-state index contributed by atoms with van der Waals surface area (Å²) in [4.78, 5) is 26.2. The van der Waals surface area contributed by atoms with Crippen LogP contribution in [0.3, 0.4) is 0 Å². The zero-order valence-electron chi connectivity index (χ0n) is 12.5. The van der Waals surface area contributed by atoms with E-state index in [1.54, 1.807) is 0 Å². The average Bonchev–Trinajstić information content (AvgIpc) is 3.15. The van der Waals surface area contributed by atoms with Crippen LogP contribution in [0.25, 0.3) is 0 Å². The summed E-state index contributed by atoms with van der Waals surface area (Å²) in [5, 5.41) is 9.65. The molecule has 0 bridgehead atoms. The molecule has 0 unspecified atom stereocenters. The predicted molar refractivity (Wildman–Crippen MR) is 86.2 cm³/mol. The van der Waals surface area contributed by atoms with Crippen molar-refractivity contribution in [3.63, 3.8) is 0 Å². The van der Waals surface area contributed by atoms with Gasteiger partial charge in [0.25, 0.3) is 0 Å². The zero-order valence-corrected chi connectivity index (χ0v) is 14.2. The molecule has 3 rings (SSSR count). The molecule has 5 nitrogen and oxygen atoms in total. The van der Waals surface area contributed by atoms with Gasteiger partial charge in [0.2, 0.25) is 0 Å². The monoisotopic (exact) mass is 347 g/mol. The number of carbonyl (C=O) groups is 2. The van der Waals surface area contributed by atoms with Gasteiger partial charge < -0.3 is 9.47 Å².